The molecule has 0 radical (unpaired) electrons. The lowest BCUT2D eigenvalue weighted by Gasteiger charge is -2.29. The monoisotopic (exact) mass is 270 g/mol. The van der Waals surface area contributed by atoms with Crippen molar-refractivity contribution in [2.75, 3.05) is 53.0 Å². The van der Waals surface area contributed by atoms with Crippen molar-refractivity contribution in [1.29, 1.82) is 0 Å². The average molecular weight is 270 g/mol. The molecule has 1 unspecified atom stereocenters. The Morgan fingerprint density at radius 2 is 2.05 bits per heavy atom. The highest BCUT2D eigenvalue weighted by atomic mass is 16.5. The van der Waals surface area contributed by atoms with Crippen molar-refractivity contribution in [3.8, 4) is 0 Å². The Bertz CT molecular complexity index is 274. The number of likely N-dealkylation sites (N-methyl/N-ethyl adjacent to an activating group) is 1. The van der Waals surface area contributed by atoms with Gasteiger partial charge in [0.1, 0.15) is 0 Å². The van der Waals surface area contributed by atoms with E-state index in [1.807, 2.05) is 4.90 Å². The molecule has 2 fully saturated rings. The summed E-state index contributed by atoms with van der Waals surface area (Å²) in [4.78, 5) is 16.1. The Balaban J connectivity index is 1.61. The van der Waals surface area contributed by atoms with E-state index in [1.54, 1.807) is 0 Å². The molecule has 2 aliphatic heterocycles. The summed E-state index contributed by atoms with van der Waals surface area (Å²) in [7, 11) is 2.07. The molecular formula is C14H26N2O3. The molecule has 2 heterocycles. The molecule has 1 atom stereocenters. The van der Waals surface area contributed by atoms with Crippen molar-refractivity contribution in [3.63, 3.8) is 0 Å². The van der Waals surface area contributed by atoms with Gasteiger partial charge in [-0.05, 0) is 26.3 Å². The molecule has 5 nitrogen and oxygen atoms in total. The van der Waals surface area contributed by atoms with Crippen LogP contribution >= 0.6 is 0 Å². The minimum absolute atomic E-state index is 0.250. The van der Waals surface area contributed by atoms with Crippen LogP contribution in [0.4, 0.5) is 0 Å². The van der Waals surface area contributed by atoms with Crippen LogP contribution in [0.2, 0.25) is 0 Å². The number of carbonyl (C=O) groups is 1. The van der Waals surface area contributed by atoms with Gasteiger partial charge in [-0.25, -0.2) is 0 Å². The van der Waals surface area contributed by atoms with Crippen molar-refractivity contribution in [2.45, 2.75) is 31.8 Å². The predicted octanol–water partition coefficient (Wildman–Crippen LogP) is 0.736. The quantitative estimate of drug-likeness (QED) is 0.739. The van der Waals surface area contributed by atoms with Gasteiger partial charge in [0.25, 0.3) is 0 Å². The first-order valence-electron chi connectivity index (χ1n) is 7.41. The Morgan fingerprint density at radius 3 is 2.74 bits per heavy atom. The number of morpholine rings is 1. The molecule has 0 spiro atoms. The van der Waals surface area contributed by atoms with Crippen LogP contribution in [-0.2, 0) is 14.3 Å². The Labute approximate surface area is 115 Å². The first-order valence-corrected chi connectivity index (χ1v) is 7.41. The number of rotatable bonds is 5. The zero-order chi connectivity index (χ0) is 13.5. The van der Waals surface area contributed by atoms with Gasteiger partial charge in [0.15, 0.2) is 0 Å². The van der Waals surface area contributed by atoms with Crippen LogP contribution in [0.5, 0.6) is 0 Å². The van der Waals surface area contributed by atoms with Crippen LogP contribution in [0.3, 0.4) is 0 Å². The smallest absolute Gasteiger partial charge is 0.224 e. The second-order valence-electron chi connectivity index (χ2n) is 5.49. The maximum Gasteiger partial charge on any atom is 0.224 e. The second-order valence-corrected chi connectivity index (χ2v) is 5.49. The standard InChI is InChI=1S/C14H26N2O3/c1-15(12-13-4-2-3-9-19-13)6-5-14(17)16-7-10-18-11-8-16/h13H,2-12H2,1H3. The fourth-order valence-corrected chi connectivity index (χ4v) is 2.65. The third-order valence-corrected chi connectivity index (χ3v) is 3.86. The lowest BCUT2D eigenvalue weighted by atomic mass is 10.1. The summed E-state index contributed by atoms with van der Waals surface area (Å²) < 4.78 is 11.0. The molecule has 1 amide bonds. The van der Waals surface area contributed by atoms with Gasteiger partial charge in [0, 0.05) is 39.2 Å². The van der Waals surface area contributed by atoms with E-state index in [4.69, 9.17) is 9.47 Å². The fourth-order valence-electron chi connectivity index (χ4n) is 2.65. The maximum atomic E-state index is 12.0. The Morgan fingerprint density at radius 1 is 1.26 bits per heavy atom. The second kappa shape index (κ2) is 7.82. The van der Waals surface area contributed by atoms with E-state index < -0.39 is 0 Å². The van der Waals surface area contributed by atoms with Crippen molar-refractivity contribution < 1.29 is 14.3 Å². The molecule has 110 valence electrons. The number of carbonyl (C=O) groups excluding carboxylic acids is 1. The Hall–Kier alpha value is -0.650. The molecule has 0 aliphatic carbocycles. The number of nitrogens with zero attached hydrogens (tertiary/aromatic N) is 2. The summed E-state index contributed by atoms with van der Waals surface area (Å²) in [6.45, 7) is 5.50. The zero-order valence-electron chi connectivity index (χ0n) is 12.0. The molecule has 19 heavy (non-hydrogen) atoms. The third-order valence-electron chi connectivity index (χ3n) is 3.86. The van der Waals surface area contributed by atoms with E-state index in [9.17, 15) is 4.79 Å². The summed E-state index contributed by atoms with van der Waals surface area (Å²) in [5.41, 5.74) is 0. The van der Waals surface area contributed by atoms with E-state index >= 15 is 0 Å². The SMILES string of the molecule is CN(CCC(=O)N1CCOCC1)CC1CCCCO1. The number of hydrogen-bond donors (Lipinski definition) is 0. The minimum Gasteiger partial charge on any atom is -0.378 e. The summed E-state index contributed by atoms with van der Waals surface area (Å²) >= 11 is 0. The molecule has 0 saturated carbocycles. The van der Waals surface area contributed by atoms with Gasteiger partial charge in [0.2, 0.25) is 5.91 Å². The van der Waals surface area contributed by atoms with Crippen LogP contribution in [-0.4, -0.2) is 74.9 Å². The van der Waals surface area contributed by atoms with Gasteiger partial charge in [-0.3, -0.25) is 4.79 Å². The summed E-state index contributed by atoms with van der Waals surface area (Å²) in [6, 6.07) is 0. The van der Waals surface area contributed by atoms with Gasteiger partial charge in [-0.15, -0.1) is 0 Å². The topological polar surface area (TPSA) is 42.0 Å². The maximum absolute atomic E-state index is 12.0. The molecular weight excluding hydrogens is 244 g/mol. The van der Waals surface area contributed by atoms with E-state index in [0.717, 1.165) is 39.2 Å². The molecule has 2 saturated heterocycles. The normalized spacial score (nSPS) is 24.7. The fraction of sp³-hybridized carbons (Fsp3) is 0.929. The molecule has 2 aliphatic rings. The molecule has 0 aromatic carbocycles. The van der Waals surface area contributed by atoms with Crippen LogP contribution < -0.4 is 0 Å². The van der Waals surface area contributed by atoms with Gasteiger partial charge >= 0.3 is 0 Å². The van der Waals surface area contributed by atoms with Gasteiger partial charge < -0.3 is 19.3 Å². The van der Waals surface area contributed by atoms with Crippen molar-refractivity contribution in [3.05, 3.63) is 0 Å². The summed E-state index contributed by atoms with van der Waals surface area (Å²) in [6.07, 6.45) is 4.57. The van der Waals surface area contributed by atoms with E-state index in [2.05, 4.69) is 11.9 Å². The van der Waals surface area contributed by atoms with Crippen LogP contribution in [0.1, 0.15) is 25.7 Å². The summed E-state index contributed by atoms with van der Waals surface area (Å²) in [5, 5.41) is 0. The highest BCUT2D eigenvalue weighted by molar-refractivity contribution is 5.76. The molecule has 0 bridgehead atoms. The highest BCUT2D eigenvalue weighted by Crippen LogP contribution is 2.13. The molecule has 5 heteroatoms. The first kappa shape index (κ1) is 14.8. The average Bonchev–Trinajstić information content (AvgIpc) is 2.47. The van der Waals surface area contributed by atoms with E-state index in [0.29, 0.717) is 25.7 Å². The van der Waals surface area contributed by atoms with Crippen LogP contribution in [0.15, 0.2) is 0 Å². The van der Waals surface area contributed by atoms with Crippen LogP contribution in [0.25, 0.3) is 0 Å². The first-order chi connectivity index (χ1) is 9.25. The largest absolute Gasteiger partial charge is 0.378 e. The Kier molecular flexibility index (Phi) is 6.07. The lowest BCUT2D eigenvalue weighted by Crippen LogP contribution is -2.42. The van der Waals surface area contributed by atoms with Crippen LogP contribution in [0, 0.1) is 0 Å². The van der Waals surface area contributed by atoms with Crippen molar-refractivity contribution in [1.82, 2.24) is 9.80 Å². The van der Waals surface area contributed by atoms with Crippen molar-refractivity contribution in [2.24, 2.45) is 0 Å². The van der Waals surface area contributed by atoms with Gasteiger partial charge in [0.05, 0.1) is 19.3 Å². The lowest BCUT2D eigenvalue weighted by molar-refractivity contribution is -0.135. The van der Waals surface area contributed by atoms with Gasteiger partial charge in [-0.2, -0.15) is 0 Å². The minimum atomic E-state index is 0.250. The molecule has 0 N–H and O–H groups in total. The van der Waals surface area contributed by atoms with E-state index in [1.165, 1.54) is 12.8 Å². The molecule has 2 rings (SSSR count). The summed E-state index contributed by atoms with van der Waals surface area (Å²) in [5.74, 6) is 0.250. The number of amides is 1. The zero-order valence-corrected chi connectivity index (χ0v) is 12.0. The van der Waals surface area contributed by atoms with Gasteiger partial charge in [-0.1, -0.05) is 0 Å². The van der Waals surface area contributed by atoms with E-state index in [-0.39, 0.29) is 5.91 Å². The number of hydrogen-bond acceptors (Lipinski definition) is 4. The molecule has 0 aromatic heterocycles. The van der Waals surface area contributed by atoms with Crippen molar-refractivity contribution >= 4 is 5.91 Å². The molecule has 0 aromatic rings. The third kappa shape index (κ3) is 5.09. The predicted molar refractivity (Wildman–Crippen MR) is 73.1 cm³/mol. The number of ether oxygens (including phenoxy) is 2. The highest BCUT2D eigenvalue weighted by Gasteiger charge is 2.19.